The van der Waals surface area contributed by atoms with E-state index in [1.807, 2.05) is 24.6 Å². The highest BCUT2D eigenvalue weighted by Crippen LogP contribution is 2.55. The summed E-state index contributed by atoms with van der Waals surface area (Å²) in [5.74, 6) is 1.72. The second kappa shape index (κ2) is 3.53. The number of rotatable bonds is 0. The van der Waals surface area contributed by atoms with Gasteiger partial charge in [-0.2, -0.15) is 0 Å². The van der Waals surface area contributed by atoms with E-state index >= 15 is 0 Å². The predicted octanol–water partition coefficient (Wildman–Crippen LogP) is 3.13. The van der Waals surface area contributed by atoms with Crippen molar-refractivity contribution in [2.75, 3.05) is 5.73 Å². The molecule has 1 aromatic heterocycles. The van der Waals surface area contributed by atoms with Gasteiger partial charge in [0.15, 0.2) is 5.78 Å². The summed E-state index contributed by atoms with van der Waals surface area (Å²) in [6.45, 7) is 8.82. The Bertz CT molecular complexity index is 607. The molecule has 2 aliphatic carbocycles. The Labute approximate surface area is 114 Å². The third-order valence-electron chi connectivity index (χ3n) is 5.33. The monoisotopic (exact) mass is 258 g/mol. The summed E-state index contributed by atoms with van der Waals surface area (Å²) in [6, 6.07) is 2.00. The van der Waals surface area contributed by atoms with Crippen LogP contribution in [-0.4, -0.2) is 10.4 Å². The van der Waals surface area contributed by atoms with Crippen LogP contribution in [0.3, 0.4) is 0 Å². The number of carbonyl (C=O) groups excluding carboxylic acids is 1. The molecule has 3 atom stereocenters. The van der Waals surface area contributed by atoms with E-state index in [0.717, 1.165) is 11.3 Å². The minimum absolute atomic E-state index is 0.0188. The third kappa shape index (κ3) is 1.41. The van der Waals surface area contributed by atoms with E-state index in [-0.39, 0.29) is 17.1 Å². The highest BCUT2D eigenvalue weighted by atomic mass is 16.1. The summed E-state index contributed by atoms with van der Waals surface area (Å²) >= 11 is 0. The molecule has 1 heterocycles. The molecule has 0 spiro atoms. The van der Waals surface area contributed by atoms with Gasteiger partial charge in [-0.3, -0.25) is 4.79 Å². The van der Waals surface area contributed by atoms with Gasteiger partial charge in [0.2, 0.25) is 0 Å². The SMILES string of the molecule is CC1C2C(=CC1(C)C)[C@@H](C)C(=O)c1c2cc(N)n1C. The van der Waals surface area contributed by atoms with E-state index in [0.29, 0.717) is 17.7 Å². The van der Waals surface area contributed by atoms with E-state index in [9.17, 15) is 4.79 Å². The molecule has 0 aromatic carbocycles. The number of anilines is 1. The van der Waals surface area contributed by atoms with Gasteiger partial charge < -0.3 is 10.3 Å². The number of nitrogens with zero attached hydrogens (tertiary/aromatic N) is 1. The van der Waals surface area contributed by atoms with Crippen LogP contribution in [0, 0.1) is 17.3 Å². The second-order valence-corrected chi connectivity index (χ2v) is 6.75. The zero-order chi connectivity index (χ0) is 14.1. The fourth-order valence-electron chi connectivity index (χ4n) is 3.76. The number of aromatic nitrogens is 1. The Hall–Kier alpha value is -1.51. The fourth-order valence-corrected chi connectivity index (χ4v) is 3.76. The van der Waals surface area contributed by atoms with Crippen LogP contribution in [0.5, 0.6) is 0 Å². The lowest BCUT2D eigenvalue weighted by Gasteiger charge is -2.32. The van der Waals surface area contributed by atoms with Crippen molar-refractivity contribution in [2.24, 2.45) is 24.3 Å². The lowest BCUT2D eigenvalue weighted by Crippen LogP contribution is -2.29. The van der Waals surface area contributed by atoms with Crippen LogP contribution in [0.25, 0.3) is 0 Å². The number of hydrogen-bond donors (Lipinski definition) is 1. The Balaban J connectivity index is 2.27. The first-order chi connectivity index (χ1) is 8.75. The van der Waals surface area contributed by atoms with Crippen LogP contribution in [0.2, 0.25) is 0 Å². The smallest absolute Gasteiger partial charge is 0.186 e. The van der Waals surface area contributed by atoms with Crippen LogP contribution < -0.4 is 5.73 Å². The third-order valence-corrected chi connectivity index (χ3v) is 5.33. The molecule has 0 saturated heterocycles. The first-order valence-electron chi connectivity index (χ1n) is 6.97. The fraction of sp³-hybridized carbons (Fsp3) is 0.562. The number of nitrogen functional groups attached to an aromatic ring is 1. The Morgan fingerprint density at radius 1 is 1.32 bits per heavy atom. The lowest BCUT2D eigenvalue weighted by atomic mass is 9.71. The zero-order valence-electron chi connectivity index (χ0n) is 12.3. The van der Waals surface area contributed by atoms with Gasteiger partial charge in [0, 0.05) is 18.9 Å². The number of carbonyl (C=O) groups is 1. The minimum Gasteiger partial charge on any atom is -0.385 e. The van der Waals surface area contributed by atoms with Gasteiger partial charge >= 0.3 is 0 Å². The van der Waals surface area contributed by atoms with Crippen molar-refractivity contribution < 1.29 is 4.79 Å². The number of nitrogens with two attached hydrogens (primary N) is 1. The molecule has 0 fully saturated rings. The number of fused-ring (bicyclic) bond motifs is 3. The van der Waals surface area contributed by atoms with Crippen LogP contribution in [-0.2, 0) is 7.05 Å². The van der Waals surface area contributed by atoms with Crippen LogP contribution >= 0.6 is 0 Å². The van der Waals surface area contributed by atoms with E-state index in [4.69, 9.17) is 5.73 Å². The quantitative estimate of drug-likeness (QED) is 0.727. The van der Waals surface area contributed by atoms with Gasteiger partial charge in [0.25, 0.3) is 0 Å². The summed E-state index contributed by atoms with van der Waals surface area (Å²) in [5.41, 5.74) is 9.40. The van der Waals surface area contributed by atoms with Crippen molar-refractivity contribution in [3.05, 3.63) is 29.0 Å². The molecule has 0 radical (unpaired) electrons. The molecule has 2 N–H and O–H groups in total. The molecular weight excluding hydrogens is 236 g/mol. The van der Waals surface area contributed by atoms with E-state index in [2.05, 4.69) is 26.8 Å². The molecule has 3 rings (SSSR count). The van der Waals surface area contributed by atoms with Crippen LogP contribution in [0.4, 0.5) is 5.82 Å². The molecule has 0 bridgehead atoms. The second-order valence-electron chi connectivity index (χ2n) is 6.75. The van der Waals surface area contributed by atoms with E-state index in [1.165, 1.54) is 5.57 Å². The maximum absolute atomic E-state index is 12.6. The molecule has 0 saturated carbocycles. The normalized spacial score (nSPS) is 31.9. The largest absolute Gasteiger partial charge is 0.385 e. The summed E-state index contributed by atoms with van der Waals surface area (Å²) < 4.78 is 1.85. The molecule has 2 aliphatic rings. The van der Waals surface area contributed by atoms with E-state index in [1.54, 1.807) is 0 Å². The van der Waals surface area contributed by atoms with Crippen molar-refractivity contribution in [2.45, 2.75) is 33.6 Å². The van der Waals surface area contributed by atoms with Crippen LogP contribution in [0.15, 0.2) is 17.7 Å². The highest BCUT2D eigenvalue weighted by molar-refractivity contribution is 6.02. The van der Waals surface area contributed by atoms with Crippen molar-refractivity contribution in [3.63, 3.8) is 0 Å². The van der Waals surface area contributed by atoms with Gasteiger partial charge in [-0.15, -0.1) is 0 Å². The average Bonchev–Trinajstić information content (AvgIpc) is 2.74. The molecule has 0 aliphatic heterocycles. The van der Waals surface area contributed by atoms with Crippen molar-refractivity contribution in [1.82, 2.24) is 4.57 Å². The molecule has 3 heteroatoms. The highest BCUT2D eigenvalue weighted by Gasteiger charge is 2.48. The van der Waals surface area contributed by atoms with Gasteiger partial charge in [-0.1, -0.05) is 39.3 Å². The minimum atomic E-state index is -0.0188. The van der Waals surface area contributed by atoms with Crippen molar-refractivity contribution in [3.8, 4) is 0 Å². The van der Waals surface area contributed by atoms with Crippen LogP contribution in [0.1, 0.15) is 49.7 Å². The van der Waals surface area contributed by atoms with Gasteiger partial charge in [-0.05, 0) is 23.0 Å². The Morgan fingerprint density at radius 3 is 2.58 bits per heavy atom. The van der Waals surface area contributed by atoms with E-state index < -0.39 is 0 Å². The molecular formula is C16H22N2O. The lowest BCUT2D eigenvalue weighted by molar-refractivity contribution is 0.0925. The Morgan fingerprint density at radius 2 is 1.95 bits per heavy atom. The zero-order valence-corrected chi connectivity index (χ0v) is 12.3. The van der Waals surface area contributed by atoms with Crippen molar-refractivity contribution >= 4 is 11.6 Å². The molecule has 102 valence electrons. The van der Waals surface area contributed by atoms with Gasteiger partial charge in [-0.25, -0.2) is 0 Å². The first kappa shape index (κ1) is 12.5. The average molecular weight is 258 g/mol. The topological polar surface area (TPSA) is 48.0 Å². The summed E-state index contributed by atoms with van der Waals surface area (Å²) in [7, 11) is 1.89. The number of allylic oxidation sites excluding steroid dienone is 2. The summed E-state index contributed by atoms with van der Waals surface area (Å²) in [6.07, 6.45) is 2.32. The summed E-state index contributed by atoms with van der Waals surface area (Å²) in [5, 5.41) is 0. The maximum atomic E-state index is 12.6. The van der Waals surface area contributed by atoms with Gasteiger partial charge in [0.1, 0.15) is 5.82 Å². The first-order valence-corrected chi connectivity index (χ1v) is 6.97. The maximum Gasteiger partial charge on any atom is 0.186 e. The molecule has 0 amide bonds. The molecule has 19 heavy (non-hydrogen) atoms. The molecule has 1 aromatic rings. The summed E-state index contributed by atoms with van der Waals surface area (Å²) in [4.78, 5) is 12.6. The predicted molar refractivity (Wildman–Crippen MR) is 77.1 cm³/mol. The van der Waals surface area contributed by atoms with Crippen molar-refractivity contribution in [1.29, 1.82) is 0 Å². The number of hydrogen-bond acceptors (Lipinski definition) is 2. The number of Topliss-reactive ketones (excluding diaryl/α,β-unsaturated/α-hetero) is 1. The standard InChI is InChI=1S/C16H22N2O/c1-8-11-7-16(3,4)9(2)13(11)10-6-12(17)18(5)14(10)15(8)19/h6-9,13H,17H2,1-5H3/t8-,9?,13?/m1/s1. The Kier molecular flexibility index (Phi) is 2.32. The number of ketones is 1. The van der Waals surface area contributed by atoms with Gasteiger partial charge in [0.05, 0.1) is 5.69 Å². The molecule has 3 nitrogen and oxygen atoms in total. The molecule has 2 unspecified atom stereocenters.